The Labute approximate surface area is 124 Å². The largest absolute Gasteiger partial charge is 0.508 e. The smallest absolute Gasteiger partial charge is 0.265 e. The molecule has 0 amide bonds. The SMILES string of the molecule is O=c1c(Br)ccc(-c2c(F)cc(O)cc2F)n1CC(F)F. The van der Waals surface area contributed by atoms with Crippen molar-refractivity contribution in [3.05, 3.63) is 50.7 Å². The van der Waals surface area contributed by atoms with Gasteiger partial charge in [0.15, 0.2) is 0 Å². The van der Waals surface area contributed by atoms with E-state index in [9.17, 15) is 22.4 Å². The van der Waals surface area contributed by atoms with Gasteiger partial charge in [-0.1, -0.05) is 0 Å². The Morgan fingerprint density at radius 1 is 1.19 bits per heavy atom. The molecule has 0 saturated carbocycles. The quantitative estimate of drug-likeness (QED) is 0.845. The number of halogens is 5. The number of alkyl halides is 2. The van der Waals surface area contributed by atoms with Crippen molar-refractivity contribution in [1.82, 2.24) is 4.57 Å². The third-order valence-corrected chi connectivity index (χ3v) is 3.33. The first-order valence-electron chi connectivity index (χ1n) is 5.67. The van der Waals surface area contributed by atoms with Gasteiger partial charge in [-0.2, -0.15) is 0 Å². The van der Waals surface area contributed by atoms with Gasteiger partial charge >= 0.3 is 0 Å². The summed E-state index contributed by atoms with van der Waals surface area (Å²) in [5.74, 6) is -2.96. The second-order valence-corrected chi connectivity index (χ2v) is 5.01. The van der Waals surface area contributed by atoms with Gasteiger partial charge in [0.2, 0.25) is 0 Å². The Balaban J connectivity index is 2.76. The number of nitrogens with zero attached hydrogens (tertiary/aromatic N) is 1. The number of aromatic nitrogens is 1. The van der Waals surface area contributed by atoms with Crippen molar-refractivity contribution < 1.29 is 22.7 Å². The highest BCUT2D eigenvalue weighted by Crippen LogP contribution is 2.29. The van der Waals surface area contributed by atoms with E-state index in [0.29, 0.717) is 16.7 Å². The number of aromatic hydroxyl groups is 1. The summed E-state index contributed by atoms with van der Waals surface area (Å²) in [5, 5.41) is 9.10. The molecule has 21 heavy (non-hydrogen) atoms. The van der Waals surface area contributed by atoms with E-state index in [1.54, 1.807) is 0 Å². The summed E-state index contributed by atoms with van der Waals surface area (Å²) in [7, 11) is 0. The number of hydrogen-bond donors (Lipinski definition) is 1. The lowest BCUT2D eigenvalue weighted by atomic mass is 10.1. The van der Waals surface area contributed by atoms with Crippen LogP contribution in [0.25, 0.3) is 11.3 Å². The average molecular weight is 366 g/mol. The monoisotopic (exact) mass is 365 g/mol. The molecule has 0 radical (unpaired) electrons. The van der Waals surface area contributed by atoms with Crippen LogP contribution in [-0.2, 0) is 6.54 Å². The van der Waals surface area contributed by atoms with Crippen molar-refractivity contribution in [3.8, 4) is 17.0 Å². The van der Waals surface area contributed by atoms with Crippen molar-refractivity contribution in [1.29, 1.82) is 0 Å². The van der Waals surface area contributed by atoms with Crippen LogP contribution in [0.5, 0.6) is 5.75 Å². The van der Waals surface area contributed by atoms with Crippen LogP contribution >= 0.6 is 15.9 Å². The van der Waals surface area contributed by atoms with Crippen LogP contribution in [0.4, 0.5) is 17.6 Å². The van der Waals surface area contributed by atoms with Gasteiger partial charge in [0.25, 0.3) is 12.0 Å². The first-order valence-corrected chi connectivity index (χ1v) is 6.46. The lowest BCUT2D eigenvalue weighted by molar-refractivity contribution is 0.125. The topological polar surface area (TPSA) is 42.2 Å². The summed E-state index contributed by atoms with van der Waals surface area (Å²) in [5.41, 5.74) is -1.82. The van der Waals surface area contributed by atoms with E-state index in [-0.39, 0.29) is 10.2 Å². The predicted molar refractivity (Wildman–Crippen MR) is 71.4 cm³/mol. The summed E-state index contributed by atoms with van der Waals surface area (Å²) in [6, 6.07) is 3.63. The maximum atomic E-state index is 13.8. The second kappa shape index (κ2) is 5.88. The fraction of sp³-hybridized carbons (Fsp3) is 0.154. The second-order valence-electron chi connectivity index (χ2n) is 4.16. The first-order chi connectivity index (χ1) is 9.81. The van der Waals surface area contributed by atoms with E-state index in [2.05, 4.69) is 15.9 Å². The molecule has 0 unspecified atom stereocenters. The summed E-state index contributed by atoms with van der Waals surface area (Å²) in [6.45, 7) is -1.01. The van der Waals surface area contributed by atoms with Crippen LogP contribution in [0.2, 0.25) is 0 Å². The van der Waals surface area contributed by atoms with Crippen LogP contribution in [0.15, 0.2) is 33.5 Å². The number of benzene rings is 1. The van der Waals surface area contributed by atoms with Gasteiger partial charge < -0.3 is 9.67 Å². The van der Waals surface area contributed by atoms with Gasteiger partial charge in [0.1, 0.15) is 17.4 Å². The minimum absolute atomic E-state index is 0.00788. The van der Waals surface area contributed by atoms with E-state index in [0.717, 1.165) is 6.07 Å². The van der Waals surface area contributed by atoms with Gasteiger partial charge in [-0.3, -0.25) is 4.79 Å². The number of phenols is 1. The van der Waals surface area contributed by atoms with Crippen LogP contribution in [0.3, 0.4) is 0 Å². The molecule has 0 aliphatic heterocycles. The molecule has 0 atom stereocenters. The molecule has 1 aromatic heterocycles. The van der Waals surface area contributed by atoms with Crippen LogP contribution < -0.4 is 5.56 Å². The Bertz CT molecular complexity index is 722. The average Bonchev–Trinajstić information content (AvgIpc) is 2.36. The van der Waals surface area contributed by atoms with E-state index in [4.69, 9.17) is 5.11 Å². The lowest BCUT2D eigenvalue weighted by Crippen LogP contribution is -2.25. The Morgan fingerprint density at radius 2 is 1.76 bits per heavy atom. The summed E-state index contributed by atoms with van der Waals surface area (Å²) >= 11 is 2.89. The zero-order chi connectivity index (χ0) is 15.7. The van der Waals surface area contributed by atoms with E-state index < -0.39 is 41.5 Å². The summed E-state index contributed by atoms with van der Waals surface area (Å²) < 4.78 is 53.4. The third-order valence-electron chi connectivity index (χ3n) is 2.73. The molecule has 1 heterocycles. The molecule has 0 bridgehead atoms. The molecule has 112 valence electrons. The van der Waals surface area contributed by atoms with Crippen LogP contribution in [-0.4, -0.2) is 16.1 Å². The summed E-state index contributed by atoms with van der Waals surface area (Å²) in [4.78, 5) is 11.9. The maximum absolute atomic E-state index is 13.8. The molecule has 1 N–H and O–H groups in total. The highest BCUT2D eigenvalue weighted by molar-refractivity contribution is 9.10. The van der Waals surface area contributed by atoms with E-state index in [1.807, 2.05) is 0 Å². The molecule has 1 aromatic carbocycles. The fourth-order valence-electron chi connectivity index (χ4n) is 1.89. The van der Waals surface area contributed by atoms with Gasteiger partial charge in [-0.15, -0.1) is 0 Å². The molecule has 0 saturated heterocycles. The lowest BCUT2D eigenvalue weighted by Gasteiger charge is -2.14. The van der Waals surface area contributed by atoms with Crippen LogP contribution in [0.1, 0.15) is 0 Å². The van der Waals surface area contributed by atoms with Crippen molar-refractivity contribution in [3.63, 3.8) is 0 Å². The fourth-order valence-corrected chi connectivity index (χ4v) is 2.24. The normalized spacial score (nSPS) is 11.1. The Morgan fingerprint density at radius 3 is 2.29 bits per heavy atom. The van der Waals surface area contributed by atoms with Gasteiger partial charge in [0.05, 0.1) is 22.3 Å². The first kappa shape index (κ1) is 15.6. The molecule has 8 heteroatoms. The zero-order valence-corrected chi connectivity index (χ0v) is 11.9. The molecule has 3 nitrogen and oxygen atoms in total. The number of phenolic OH excluding ortho intramolecular Hbond substituents is 1. The Kier molecular flexibility index (Phi) is 4.36. The van der Waals surface area contributed by atoms with Gasteiger partial charge in [-0.25, -0.2) is 17.6 Å². The minimum Gasteiger partial charge on any atom is -0.508 e. The van der Waals surface area contributed by atoms with Crippen molar-refractivity contribution in [2.45, 2.75) is 13.0 Å². The highest BCUT2D eigenvalue weighted by Gasteiger charge is 2.20. The number of hydrogen-bond acceptors (Lipinski definition) is 2. The van der Waals surface area contributed by atoms with Crippen molar-refractivity contribution in [2.24, 2.45) is 0 Å². The molecule has 0 aliphatic rings. The zero-order valence-electron chi connectivity index (χ0n) is 10.3. The predicted octanol–water partition coefficient (Wildman–Crippen LogP) is 3.53. The Hall–Kier alpha value is -1.83. The van der Waals surface area contributed by atoms with Gasteiger partial charge in [0, 0.05) is 12.1 Å². The van der Waals surface area contributed by atoms with Crippen LogP contribution in [0, 0.1) is 11.6 Å². The third kappa shape index (κ3) is 3.10. The molecular weight excluding hydrogens is 358 g/mol. The molecule has 0 aliphatic carbocycles. The molecule has 0 spiro atoms. The standard InChI is InChI=1S/C13H8BrF4NO2/c14-7-1-2-10(19(13(7)21)5-11(17)18)12-8(15)3-6(20)4-9(12)16/h1-4,11,20H,5H2. The maximum Gasteiger partial charge on any atom is 0.265 e. The number of rotatable bonds is 3. The van der Waals surface area contributed by atoms with Crippen molar-refractivity contribution >= 4 is 15.9 Å². The molecule has 2 rings (SSSR count). The number of pyridine rings is 1. The summed E-state index contributed by atoms with van der Waals surface area (Å²) in [6.07, 6.45) is -2.88. The molecular formula is C13H8BrF4NO2. The van der Waals surface area contributed by atoms with Crippen molar-refractivity contribution in [2.75, 3.05) is 0 Å². The van der Waals surface area contributed by atoms with E-state index in [1.165, 1.54) is 6.07 Å². The van der Waals surface area contributed by atoms with E-state index >= 15 is 0 Å². The highest BCUT2D eigenvalue weighted by atomic mass is 79.9. The molecule has 0 fully saturated rings. The van der Waals surface area contributed by atoms with Gasteiger partial charge in [-0.05, 0) is 28.1 Å². The minimum atomic E-state index is -2.88. The molecule has 2 aromatic rings.